The number of benzene rings is 2. The molecule has 1 aromatic heterocycles. The number of nitrogens with one attached hydrogen (secondary N) is 1. The molecular weight excluding hydrogens is 426 g/mol. The molecule has 33 heavy (non-hydrogen) atoms. The van der Waals surface area contributed by atoms with Gasteiger partial charge in [-0.3, -0.25) is 14.6 Å². The number of hydrogen-bond acceptors (Lipinski definition) is 4. The minimum Gasteiger partial charge on any atom is -0.318 e. The molecule has 0 bridgehead atoms. The van der Waals surface area contributed by atoms with Crippen molar-refractivity contribution in [2.45, 2.75) is 45.2 Å². The van der Waals surface area contributed by atoms with E-state index < -0.39 is 0 Å². The summed E-state index contributed by atoms with van der Waals surface area (Å²) in [5.74, 6) is 0.0225. The van der Waals surface area contributed by atoms with Gasteiger partial charge in [-0.05, 0) is 42.4 Å². The van der Waals surface area contributed by atoms with Gasteiger partial charge in [-0.15, -0.1) is 11.3 Å². The van der Waals surface area contributed by atoms with Crippen LogP contribution in [0.1, 0.15) is 52.9 Å². The summed E-state index contributed by atoms with van der Waals surface area (Å²) in [5.41, 5.74) is 5.56. The van der Waals surface area contributed by atoms with E-state index in [0.717, 1.165) is 50.6 Å². The van der Waals surface area contributed by atoms with Gasteiger partial charge in [0.25, 0.3) is 0 Å². The first-order chi connectivity index (χ1) is 16.2. The van der Waals surface area contributed by atoms with Crippen LogP contribution in [0.15, 0.2) is 60.7 Å². The molecule has 4 nitrogen and oxygen atoms in total. The van der Waals surface area contributed by atoms with Gasteiger partial charge in [-0.25, -0.2) is 0 Å². The maximum absolute atomic E-state index is 12.1. The van der Waals surface area contributed by atoms with Gasteiger partial charge in [0.2, 0.25) is 5.91 Å². The molecule has 2 heterocycles. The Morgan fingerprint density at radius 1 is 0.939 bits per heavy atom. The Bertz CT molecular complexity index is 1070. The Labute approximate surface area is 201 Å². The summed E-state index contributed by atoms with van der Waals surface area (Å²) >= 11 is 1.81. The number of rotatable bonds is 6. The number of fused-ring (bicyclic) bond motifs is 1. The van der Waals surface area contributed by atoms with Crippen LogP contribution >= 0.6 is 11.3 Å². The van der Waals surface area contributed by atoms with Crippen LogP contribution in [0.25, 0.3) is 0 Å². The third kappa shape index (κ3) is 5.06. The zero-order chi connectivity index (χ0) is 22.6. The minimum absolute atomic E-state index is 0.0225. The Balaban J connectivity index is 1.45. The largest absolute Gasteiger partial charge is 0.318 e. The third-order valence-corrected chi connectivity index (χ3v) is 8.13. The normalized spacial score (nSPS) is 18.0. The highest BCUT2D eigenvalue weighted by atomic mass is 32.1. The van der Waals surface area contributed by atoms with E-state index in [1.165, 1.54) is 40.0 Å². The van der Waals surface area contributed by atoms with E-state index in [4.69, 9.17) is 0 Å². The van der Waals surface area contributed by atoms with E-state index in [2.05, 4.69) is 75.8 Å². The molecule has 1 atom stereocenters. The number of anilines is 1. The topological polar surface area (TPSA) is 35.6 Å². The minimum atomic E-state index is 0.0225. The summed E-state index contributed by atoms with van der Waals surface area (Å²) in [6, 6.07) is 21.8. The maximum Gasteiger partial charge on any atom is 0.221 e. The lowest BCUT2D eigenvalue weighted by atomic mass is 9.88. The summed E-state index contributed by atoms with van der Waals surface area (Å²) in [6.07, 6.45) is 4.75. The van der Waals surface area contributed by atoms with Gasteiger partial charge < -0.3 is 5.32 Å². The molecule has 5 heteroatoms. The number of nitrogens with zero attached hydrogens (tertiary/aromatic N) is 2. The van der Waals surface area contributed by atoms with Crippen LogP contribution in [0.2, 0.25) is 0 Å². The van der Waals surface area contributed by atoms with Gasteiger partial charge in [0.15, 0.2) is 0 Å². The molecule has 0 saturated carbocycles. The number of aryl methyl sites for hydroxylation is 1. The Morgan fingerprint density at radius 3 is 2.30 bits per heavy atom. The summed E-state index contributed by atoms with van der Waals surface area (Å²) in [7, 11) is 0. The highest BCUT2D eigenvalue weighted by Gasteiger charge is 2.33. The SMILES string of the molecule is CC(=O)Nc1sc2c(c1C(c1ccccc1)N1CCN(Cc3ccccc3)CC1)CCCC2. The fourth-order valence-corrected chi connectivity index (χ4v) is 6.72. The van der Waals surface area contributed by atoms with Crippen molar-refractivity contribution in [1.29, 1.82) is 0 Å². The van der Waals surface area contributed by atoms with Gasteiger partial charge in [0.1, 0.15) is 5.00 Å². The molecule has 1 aliphatic carbocycles. The molecule has 1 fully saturated rings. The highest BCUT2D eigenvalue weighted by Crippen LogP contribution is 2.45. The molecule has 0 radical (unpaired) electrons. The molecule has 0 spiro atoms. The fraction of sp³-hybridized carbons (Fsp3) is 0.393. The lowest BCUT2D eigenvalue weighted by molar-refractivity contribution is -0.114. The van der Waals surface area contributed by atoms with Gasteiger partial charge in [-0.1, -0.05) is 60.7 Å². The van der Waals surface area contributed by atoms with E-state index in [0.29, 0.717) is 0 Å². The second-order valence-electron chi connectivity index (χ2n) is 9.25. The average molecular weight is 460 g/mol. The number of carbonyl (C=O) groups excluding carboxylic acids is 1. The van der Waals surface area contributed by atoms with E-state index >= 15 is 0 Å². The van der Waals surface area contributed by atoms with Gasteiger partial charge >= 0.3 is 0 Å². The standard InChI is InChI=1S/C28H33N3OS/c1-21(32)29-28-26(24-14-8-9-15-25(24)33-28)27(23-12-6-3-7-13-23)31-18-16-30(17-19-31)20-22-10-4-2-5-11-22/h2-7,10-13,27H,8-9,14-20H2,1H3,(H,29,32). The van der Waals surface area contributed by atoms with E-state index in [1.54, 1.807) is 6.92 Å². The van der Waals surface area contributed by atoms with Crippen LogP contribution < -0.4 is 5.32 Å². The zero-order valence-electron chi connectivity index (χ0n) is 19.4. The summed E-state index contributed by atoms with van der Waals surface area (Å²) in [6.45, 7) is 6.80. The Kier molecular flexibility index (Phi) is 6.91. The van der Waals surface area contributed by atoms with E-state index in [-0.39, 0.29) is 11.9 Å². The average Bonchev–Trinajstić information content (AvgIpc) is 3.19. The van der Waals surface area contributed by atoms with Crippen LogP contribution in [0.4, 0.5) is 5.00 Å². The second-order valence-corrected chi connectivity index (χ2v) is 10.4. The number of amides is 1. The molecular formula is C28H33N3OS. The Morgan fingerprint density at radius 2 is 1.61 bits per heavy atom. The first-order valence-corrected chi connectivity index (χ1v) is 13.0. The Hall–Kier alpha value is -2.47. The van der Waals surface area contributed by atoms with Gasteiger partial charge in [0.05, 0.1) is 6.04 Å². The van der Waals surface area contributed by atoms with Crippen molar-refractivity contribution in [3.05, 3.63) is 87.8 Å². The number of piperazine rings is 1. The lowest BCUT2D eigenvalue weighted by Gasteiger charge is -2.40. The molecule has 1 aliphatic heterocycles. The summed E-state index contributed by atoms with van der Waals surface area (Å²) in [4.78, 5) is 18.8. The molecule has 172 valence electrons. The fourth-order valence-electron chi connectivity index (χ4n) is 5.35. The molecule has 1 N–H and O–H groups in total. The second kappa shape index (κ2) is 10.2. The molecule has 1 saturated heterocycles. The van der Waals surface area contributed by atoms with Crippen molar-refractivity contribution in [3.8, 4) is 0 Å². The monoisotopic (exact) mass is 459 g/mol. The maximum atomic E-state index is 12.1. The smallest absolute Gasteiger partial charge is 0.221 e. The molecule has 2 aliphatic rings. The van der Waals surface area contributed by atoms with Crippen LogP contribution in [-0.4, -0.2) is 41.9 Å². The predicted octanol–water partition coefficient (Wildman–Crippen LogP) is 5.49. The van der Waals surface area contributed by atoms with E-state index in [9.17, 15) is 4.79 Å². The van der Waals surface area contributed by atoms with Crippen LogP contribution in [0, 0.1) is 0 Å². The van der Waals surface area contributed by atoms with Gasteiger partial charge in [0, 0.05) is 50.1 Å². The van der Waals surface area contributed by atoms with Crippen molar-refractivity contribution in [2.24, 2.45) is 0 Å². The summed E-state index contributed by atoms with van der Waals surface area (Å²) < 4.78 is 0. The van der Waals surface area contributed by atoms with E-state index in [1.807, 2.05) is 11.3 Å². The van der Waals surface area contributed by atoms with Crippen molar-refractivity contribution < 1.29 is 4.79 Å². The van der Waals surface area contributed by atoms with Crippen LogP contribution in [-0.2, 0) is 24.2 Å². The quantitative estimate of drug-likeness (QED) is 0.529. The van der Waals surface area contributed by atoms with Crippen molar-refractivity contribution in [1.82, 2.24) is 9.80 Å². The molecule has 3 aromatic rings. The summed E-state index contributed by atoms with van der Waals surface area (Å²) in [5, 5.41) is 4.27. The lowest BCUT2D eigenvalue weighted by Crippen LogP contribution is -2.47. The molecule has 2 aromatic carbocycles. The third-order valence-electron chi connectivity index (χ3n) is 6.91. The predicted molar refractivity (Wildman–Crippen MR) is 137 cm³/mol. The first kappa shape index (κ1) is 22.3. The van der Waals surface area contributed by atoms with Crippen LogP contribution in [0.5, 0.6) is 0 Å². The van der Waals surface area contributed by atoms with Crippen LogP contribution in [0.3, 0.4) is 0 Å². The number of hydrogen-bond donors (Lipinski definition) is 1. The number of thiophene rings is 1. The van der Waals surface area contributed by atoms with Crippen molar-refractivity contribution >= 4 is 22.2 Å². The molecule has 1 amide bonds. The van der Waals surface area contributed by atoms with Crippen molar-refractivity contribution in [2.75, 3.05) is 31.5 Å². The molecule has 5 rings (SSSR count). The molecule has 1 unspecified atom stereocenters. The van der Waals surface area contributed by atoms with Gasteiger partial charge in [-0.2, -0.15) is 0 Å². The zero-order valence-corrected chi connectivity index (χ0v) is 20.2. The number of carbonyl (C=O) groups is 1. The first-order valence-electron chi connectivity index (χ1n) is 12.2. The van der Waals surface area contributed by atoms with Crippen molar-refractivity contribution in [3.63, 3.8) is 0 Å². The highest BCUT2D eigenvalue weighted by molar-refractivity contribution is 7.16.